The second-order valence-corrected chi connectivity index (χ2v) is 7.12. The number of rotatable bonds is 3. The predicted octanol–water partition coefficient (Wildman–Crippen LogP) is 5.22. The molecule has 8 heteroatoms. The summed E-state index contributed by atoms with van der Waals surface area (Å²) in [7, 11) is 0. The Bertz CT molecular complexity index is 578. The molecule has 0 radical (unpaired) electrons. The summed E-state index contributed by atoms with van der Waals surface area (Å²) in [6.45, 7) is 0. The van der Waals surface area contributed by atoms with Crippen molar-refractivity contribution in [1.29, 1.82) is 0 Å². The third kappa shape index (κ3) is 3.97. The molecular weight excluding hydrogens is 423 g/mol. The summed E-state index contributed by atoms with van der Waals surface area (Å²) in [6.07, 6.45) is -4.69. The van der Waals surface area contributed by atoms with Crippen LogP contribution in [0.2, 0.25) is 0 Å². The van der Waals surface area contributed by atoms with E-state index in [1.807, 2.05) is 6.07 Å². The topological polar surface area (TPSA) is 35.2 Å². The molecule has 108 valence electrons. The summed E-state index contributed by atoms with van der Waals surface area (Å²) < 4.78 is 41.8. The van der Waals surface area contributed by atoms with Crippen molar-refractivity contribution in [3.8, 4) is 5.75 Å². The molecule has 2 aromatic rings. The summed E-state index contributed by atoms with van der Waals surface area (Å²) in [5.74, 6) is -0.262. The van der Waals surface area contributed by atoms with Gasteiger partial charge < -0.3 is 10.5 Å². The Kier molecular flexibility index (Phi) is 4.78. The molecule has 2 rings (SSSR count). The SMILES string of the molecule is N[C@H](c1ccc(OC(F)(F)F)cc1)c1cc(Br)c(Br)s1. The van der Waals surface area contributed by atoms with Crippen molar-refractivity contribution in [2.24, 2.45) is 5.73 Å². The standard InChI is InChI=1S/C12H8Br2F3NOS/c13-8-5-9(20-11(8)14)10(18)6-1-3-7(4-2-6)19-12(15,16)17/h1-5,10H,18H2/t10-/m1/s1. The van der Waals surface area contributed by atoms with Gasteiger partial charge in [-0.3, -0.25) is 0 Å². The first-order valence-electron chi connectivity index (χ1n) is 5.32. The monoisotopic (exact) mass is 429 g/mol. The van der Waals surface area contributed by atoms with Gasteiger partial charge in [-0.1, -0.05) is 12.1 Å². The molecule has 0 fully saturated rings. The Morgan fingerprint density at radius 3 is 2.20 bits per heavy atom. The zero-order valence-corrected chi connectivity index (χ0v) is 13.7. The van der Waals surface area contributed by atoms with Gasteiger partial charge in [-0.25, -0.2) is 0 Å². The van der Waals surface area contributed by atoms with Crippen molar-refractivity contribution >= 4 is 43.2 Å². The second kappa shape index (κ2) is 6.05. The molecular formula is C12H8Br2F3NOS. The van der Waals surface area contributed by atoms with Crippen LogP contribution >= 0.6 is 43.2 Å². The molecule has 0 spiro atoms. The number of ether oxygens (including phenoxy) is 1. The van der Waals surface area contributed by atoms with Gasteiger partial charge in [0.1, 0.15) is 5.75 Å². The van der Waals surface area contributed by atoms with Crippen LogP contribution in [-0.4, -0.2) is 6.36 Å². The van der Waals surface area contributed by atoms with E-state index in [4.69, 9.17) is 5.73 Å². The minimum Gasteiger partial charge on any atom is -0.406 e. The van der Waals surface area contributed by atoms with Crippen molar-refractivity contribution in [2.45, 2.75) is 12.4 Å². The Morgan fingerprint density at radius 1 is 1.15 bits per heavy atom. The molecule has 1 aromatic carbocycles. The normalized spacial score (nSPS) is 13.3. The molecule has 0 saturated carbocycles. The maximum atomic E-state index is 12.1. The third-order valence-electron chi connectivity index (χ3n) is 2.44. The van der Waals surface area contributed by atoms with Crippen molar-refractivity contribution in [3.05, 3.63) is 49.0 Å². The van der Waals surface area contributed by atoms with Gasteiger partial charge in [-0.2, -0.15) is 0 Å². The molecule has 0 bridgehead atoms. The number of hydrogen-bond donors (Lipinski definition) is 1. The number of alkyl halides is 3. The highest BCUT2D eigenvalue weighted by Gasteiger charge is 2.31. The van der Waals surface area contributed by atoms with E-state index in [9.17, 15) is 13.2 Å². The highest BCUT2D eigenvalue weighted by Crippen LogP contribution is 2.37. The maximum Gasteiger partial charge on any atom is 0.573 e. The molecule has 2 nitrogen and oxygen atoms in total. The van der Waals surface area contributed by atoms with E-state index in [1.165, 1.54) is 35.6 Å². The van der Waals surface area contributed by atoms with E-state index < -0.39 is 12.4 Å². The van der Waals surface area contributed by atoms with E-state index in [2.05, 4.69) is 36.6 Å². The minimum absolute atomic E-state index is 0.262. The first-order valence-corrected chi connectivity index (χ1v) is 7.72. The van der Waals surface area contributed by atoms with Crippen molar-refractivity contribution in [2.75, 3.05) is 0 Å². The Morgan fingerprint density at radius 2 is 1.75 bits per heavy atom. The molecule has 1 atom stereocenters. The van der Waals surface area contributed by atoms with Crippen LogP contribution in [0.4, 0.5) is 13.2 Å². The zero-order chi connectivity index (χ0) is 14.9. The van der Waals surface area contributed by atoms with Gasteiger partial charge >= 0.3 is 6.36 Å². The van der Waals surface area contributed by atoms with Gasteiger partial charge in [0.2, 0.25) is 0 Å². The minimum atomic E-state index is -4.69. The molecule has 0 aliphatic carbocycles. The summed E-state index contributed by atoms with van der Waals surface area (Å²) in [5, 5.41) is 0. The highest BCUT2D eigenvalue weighted by molar-refractivity contribution is 9.13. The summed E-state index contributed by atoms with van der Waals surface area (Å²) in [5.41, 5.74) is 6.79. The molecule has 1 aromatic heterocycles. The quantitative estimate of drug-likeness (QED) is 0.724. The number of hydrogen-bond acceptors (Lipinski definition) is 3. The first-order chi connectivity index (χ1) is 9.26. The lowest BCUT2D eigenvalue weighted by Crippen LogP contribution is -2.17. The van der Waals surface area contributed by atoms with Crippen LogP contribution in [0, 0.1) is 0 Å². The second-order valence-electron chi connectivity index (χ2n) is 3.86. The Labute approximate surface area is 134 Å². The zero-order valence-electron chi connectivity index (χ0n) is 9.75. The van der Waals surface area contributed by atoms with Crippen LogP contribution < -0.4 is 10.5 Å². The molecule has 0 amide bonds. The van der Waals surface area contributed by atoms with Gasteiger partial charge in [0.15, 0.2) is 0 Å². The fourth-order valence-corrected chi connectivity index (χ4v) is 3.68. The lowest BCUT2D eigenvalue weighted by atomic mass is 10.1. The Hall–Kier alpha value is -0.570. The van der Waals surface area contributed by atoms with Crippen LogP contribution in [0.15, 0.2) is 38.6 Å². The van der Waals surface area contributed by atoms with E-state index in [0.29, 0.717) is 5.56 Å². The molecule has 0 aliphatic rings. The molecule has 0 unspecified atom stereocenters. The van der Waals surface area contributed by atoms with Gasteiger partial charge in [-0.15, -0.1) is 24.5 Å². The van der Waals surface area contributed by atoms with Crippen LogP contribution in [-0.2, 0) is 0 Å². The van der Waals surface area contributed by atoms with Crippen molar-refractivity contribution < 1.29 is 17.9 Å². The molecule has 0 saturated heterocycles. The van der Waals surface area contributed by atoms with Crippen molar-refractivity contribution in [3.63, 3.8) is 0 Å². The Balaban J connectivity index is 2.17. The fourth-order valence-electron chi connectivity index (χ4n) is 1.56. The van der Waals surface area contributed by atoms with E-state index in [1.54, 1.807) is 0 Å². The third-order valence-corrected chi connectivity index (χ3v) is 5.78. The average molecular weight is 431 g/mol. The lowest BCUT2D eigenvalue weighted by Gasteiger charge is -2.12. The molecule has 0 aliphatic heterocycles. The summed E-state index contributed by atoms with van der Waals surface area (Å²) in [4.78, 5) is 0.897. The highest BCUT2D eigenvalue weighted by atomic mass is 79.9. The maximum absolute atomic E-state index is 12.1. The van der Waals surface area contributed by atoms with E-state index in [-0.39, 0.29) is 5.75 Å². The predicted molar refractivity (Wildman–Crippen MR) is 78.9 cm³/mol. The summed E-state index contributed by atoms with van der Waals surface area (Å²) >= 11 is 8.20. The van der Waals surface area contributed by atoms with Gasteiger partial charge in [-0.05, 0) is 55.6 Å². The number of halogens is 5. The van der Waals surface area contributed by atoms with E-state index in [0.717, 1.165) is 13.1 Å². The van der Waals surface area contributed by atoms with Gasteiger partial charge in [0.25, 0.3) is 0 Å². The molecule has 20 heavy (non-hydrogen) atoms. The van der Waals surface area contributed by atoms with Crippen LogP contribution in [0.3, 0.4) is 0 Å². The van der Waals surface area contributed by atoms with E-state index >= 15 is 0 Å². The largest absolute Gasteiger partial charge is 0.573 e. The van der Waals surface area contributed by atoms with Crippen molar-refractivity contribution in [1.82, 2.24) is 0 Å². The number of thiophene rings is 1. The van der Waals surface area contributed by atoms with Crippen LogP contribution in [0.1, 0.15) is 16.5 Å². The number of nitrogens with two attached hydrogens (primary N) is 1. The van der Waals surface area contributed by atoms with Gasteiger partial charge in [0, 0.05) is 9.35 Å². The first kappa shape index (κ1) is 15.8. The van der Waals surface area contributed by atoms with Gasteiger partial charge in [0.05, 0.1) is 9.83 Å². The lowest BCUT2D eigenvalue weighted by molar-refractivity contribution is -0.274. The molecule has 1 heterocycles. The fraction of sp³-hybridized carbons (Fsp3) is 0.167. The molecule has 2 N–H and O–H groups in total. The average Bonchev–Trinajstić information content (AvgIpc) is 2.68. The van der Waals surface area contributed by atoms with Crippen LogP contribution in [0.25, 0.3) is 0 Å². The number of benzene rings is 1. The summed E-state index contributed by atoms with van der Waals surface area (Å²) in [6, 6.07) is 7.02. The van der Waals surface area contributed by atoms with Crippen LogP contribution in [0.5, 0.6) is 5.75 Å². The smallest absolute Gasteiger partial charge is 0.406 e.